The molecule has 1 amide bonds. The fraction of sp³-hybridized carbons (Fsp3) is 0.696. The molecule has 0 fully saturated rings. The van der Waals surface area contributed by atoms with Crippen molar-refractivity contribution in [2.75, 3.05) is 61.2 Å². The van der Waals surface area contributed by atoms with Crippen LogP contribution in [0.4, 0.5) is 4.79 Å². The van der Waals surface area contributed by atoms with E-state index in [-0.39, 0.29) is 38.8 Å². The van der Waals surface area contributed by atoms with Crippen molar-refractivity contribution in [3.05, 3.63) is 45.9 Å². The molecule has 0 spiro atoms. The van der Waals surface area contributed by atoms with Crippen molar-refractivity contribution in [3.8, 4) is 0 Å². The molecule has 8 nitrogen and oxygen atoms in total. The van der Waals surface area contributed by atoms with Crippen molar-refractivity contribution in [2.24, 2.45) is 0 Å². The zero-order valence-electron chi connectivity index (χ0n) is 20.6. The van der Waals surface area contributed by atoms with Gasteiger partial charge in [-0.3, -0.25) is 0 Å². The van der Waals surface area contributed by atoms with Crippen LogP contribution in [0.15, 0.2) is 24.3 Å². The number of methoxy groups -OCH3 is 2. The minimum atomic E-state index is -0.462. The van der Waals surface area contributed by atoms with Crippen LogP contribution in [0.25, 0.3) is 11.1 Å². The van der Waals surface area contributed by atoms with Crippen LogP contribution in [0.3, 0.4) is 0 Å². The summed E-state index contributed by atoms with van der Waals surface area (Å²) in [5.74, 6) is 0. The van der Waals surface area contributed by atoms with E-state index in [0.717, 1.165) is 31.4 Å². The Bertz CT molecular complexity index is 583. The standard InChI is InChI=1S/C14H20ClN2O3.C9H21N2O.Y/c1-16-7-6-13(11-4-3-5-12(15)10-11)20-9-8-17-14(18)19-2;1-11-9(8-10)6-4-3-5-7-12-2;/h3-5,10,13H,6-9H2,1-2H3,(H,17,18);9-11H,3-8H2,1-2H3;/q2*-1;. The smallest absolute Gasteiger partial charge is 0.406 e. The SMILES string of the molecule is CNC(C[NH-])CCCCCOC.C[N-]CCC(OCCNC(=O)OC)c1cccc(Cl)c1.[Y]. The number of halogens is 1. The second kappa shape index (κ2) is 24.8. The van der Waals surface area contributed by atoms with Gasteiger partial charge in [-0.2, -0.15) is 7.05 Å². The maximum atomic E-state index is 10.9. The Morgan fingerprint density at radius 2 is 1.94 bits per heavy atom. The first-order valence-electron chi connectivity index (χ1n) is 11.1. The van der Waals surface area contributed by atoms with Crippen molar-refractivity contribution < 1.29 is 51.7 Å². The van der Waals surface area contributed by atoms with Crippen molar-refractivity contribution in [1.29, 1.82) is 0 Å². The molecule has 0 bridgehead atoms. The molecule has 189 valence electrons. The average Bonchev–Trinajstić information content (AvgIpc) is 2.81. The quantitative estimate of drug-likeness (QED) is 0.277. The third-order valence-corrected chi connectivity index (χ3v) is 5.00. The fourth-order valence-electron chi connectivity index (χ4n) is 2.89. The summed E-state index contributed by atoms with van der Waals surface area (Å²) in [6, 6.07) is 7.96. The monoisotopic (exact) mass is 561 g/mol. The molecule has 0 aliphatic heterocycles. The Hall–Kier alpha value is -0.316. The van der Waals surface area contributed by atoms with Gasteiger partial charge in [-0.25, -0.2) is 4.79 Å². The summed E-state index contributed by atoms with van der Waals surface area (Å²) in [5, 5.41) is 10.5. The molecule has 2 unspecified atom stereocenters. The van der Waals surface area contributed by atoms with Crippen LogP contribution in [-0.2, 0) is 46.9 Å². The van der Waals surface area contributed by atoms with Crippen LogP contribution in [0.1, 0.15) is 43.8 Å². The molecule has 2 atom stereocenters. The number of carbonyl (C=O) groups is 1. The van der Waals surface area contributed by atoms with E-state index in [1.54, 1.807) is 14.2 Å². The summed E-state index contributed by atoms with van der Waals surface area (Å²) in [6.07, 6.45) is 4.90. The zero-order chi connectivity index (χ0) is 24.0. The number of carbonyl (C=O) groups excluding carboxylic acids is 1. The van der Waals surface area contributed by atoms with Crippen LogP contribution in [0.5, 0.6) is 0 Å². The molecule has 33 heavy (non-hydrogen) atoms. The van der Waals surface area contributed by atoms with Gasteiger partial charge in [0.1, 0.15) is 0 Å². The van der Waals surface area contributed by atoms with Gasteiger partial charge in [0, 0.05) is 58.0 Å². The number of hydrogen-bond donors (Lipinski definition) is 2. The van der Waals surface area contributed by atoms with E-state index >= 15 is 0 Å². The summed E-state index contributed by atoms with van der Waals surface area (Å²) in [6.45, 7) is 2.86. The third-order valence-electron chi connectivity index (χ3n) is 4.77. The Morgan fingerprint density at radius 3 is 2.52 bits per heavy atom. The average molecular weight is 562 g/mol. The van der Waals surface area contributed by atoms with Crippen LogP contribution < -0.4 is 10.6 Å². The predicted octanol–water partition coefficient (Wildman–Crippen LogP) is 4.98. The van der Waals surface area contributed by atoms with Crippen molar-refractivity contribution in [1.82, 2.24) is 10.6 Å². The summed E-state index contributed by atoms with van der Waals surface area (Å²) in [4.78, 5) is 10.9. The minimum Gasteiger partial charge on any atom is -0.676 e. The second-order valence-electron chi connectivity index (χ2n) is 7.19. The number of alkyl carbamates (subject to hydrolysis) is 1. The molecule has 0 saturated heterocycles. The predicted molar refractivity (Wildman–Crippen MR) is 132 cm³/mol. The van der Waals surface area contributed by atoms with Gasteiger partial charge in [0.05, 0.1) is 19.8 Å². The summed E-state index contributed by atoms with van der Waals surface area (Å²) in [7, 11) is 6.76. The van der Waals surface area contributed by atoms with Gasteiger partial charge in [-0.05, 0) is 50.0 Å². The largest absolute Gasteiger partial charge is 0.676 e. The fourth-order valence-corrected chi connectivity index (χ4v) is 3.09. The minimum absolute atomic E-state index is 0. The van der Waals surface area contributed by atoms with E-state index in [0.29, 0.717) is 37.3 Å². The van der Waals surface area contributed by atoms with Gasteiger partial charge in [-0.15, -0.1) is 13.1 Å². The number of nitrogens with zero attached hydrogens (tertiary/aromatic N) is 1. The molecule has 0 aliphatic carbocycles. The topological polar surface area (TPSA) is 107 Å². The van der Waals surface area contributed by atoms with Gasteiger partial charge in [0.15, 0.2) is 0 Å². The van der Waals surface area contributed by atoms with Gasteiger partial charge in [-0.1, -0.05) is 36.6 Å². The molecule has 3 N–H and O–H groups in total. The summed E-state index contributed by atoms with van der Waals surface area (Å²) in [5.41, 5.74) is 8.20. The normalized spacial score (nSPS) is 12.1. The molecule has 1 radical (unpaired) electrons. The third kappa shape index (κ3) is 19.7. The molecule has 1 rings (SSSR count). The molecule has 0 aliphatic rings. The number of amides is 1. The Kier molecular flexibility index (Phi) is 26.2. The Labute approximate surface area is 230 Å². The van der Waals surface area contributed by atoms with E-state index in [2.05, 4.69) is 20.7 Å². The Morgan fingerprint density at radius 1 is 1.18 bits per heavy atom. The molecular weight excluding hydrogens is 521 g/mol. The van der Waals surface area contributed by atoms with E-state index in [1.807, 2.05) is 31.3 Å². The van der Waals surface area contributed by atoms with Gasteiger partial charge in [0.25, 0.3) is 0 Å². The van der Waals surface area contributed by atoms with Crippen LogP contribution >= 0.6 is 11.6 Å². The summed E-state index contributed by atoms with van der Waals surface area (Å²) < 4.78 is 15.2. The summed E-state index contributed by atoms with van der Waals surface area (Å²) >= 11 is 5.99. The van der Waals surface area contributed by atoms with E-state index in [9.17, 15) is 4.79 Å². The number of rotatable bonds is 16. The van der Waals surface area contributed by atoms with E-state index < -0.39 is 6.09 Å². The molecule has 1 aromatic carbocycles. The van der Waals surface area contributed by atoms with Gasteiger partial charge in [0.2, 0.25) is 0 Å². The second-order valence-corrected chi connectivity index (χ2v) is 7.63. The van der Waals surface area contributed by atoms with Gasteiger partial charge < -0.3 is 35.9 Å². The van der Waals surface area contributed by atoms with E-state index in [4.69, 9.17) is 26.8 Å². The molecular formula is C23H41ClN4O4Y-2. The van der Waals surface area contributed by atoms with Crippen molar-refractivity contribution in [2.45, 2.75) is 44.2 Å². The molecule has 1 aromatic rings. The molecule has 0 heterocycles. The number of unbranched alkanes of at least 4 members (excludes halogenated alkanes) is 2. The molecule has 0 saturated carbocycles. The van der Waals surface area contributed by atoms with Crippen LogP contribution in [-0.4, -0.2) is 73.3 Å². The van der Waals surface area contributed by atoms with Crippen LogP contribution in [0, 0.1) is 0 Å². The number of likely N-dealkylation sites (N-methyl/N-ethyl adjacent to an activating group) is 1. The number of benzene rings is 1. The number of hydrogen-bond acceptors (Lipinski definition) is 5. The maximum Gasteiger partial charge on any atom is 0.406 e. The van der Waals surface area contributed by atoms with Gasteiger partial charge >= 0.3 is 6.09 Å². The number of nitrogens with one attached hydrogen (secondary N) is 3. The first-order chi connectivity index (χ1) is 15.5. The first-order valence-corrected chi connectivity index (χ1v) is 11.4. The van der Waals surface area contributed by atoms with Crippen LogP contribution in [0.2, 0.25) is 5.02 Å². The molecule has 0 aromatic heterocycles. The first kappa shape index (κ1) is 34.8. The Balaban J connectivity index is 0. The van der Waals surface area contributed by atoms with Crippen molar-refractivity contribution >= 4 is 17.7 Å². The maximum absolute atomic E-state index is 10.9. The van der Waals surface area contributed by atoms with Crippen molar-refractivity contribution in [3.63, 3.8) is 0 Å². The molecule has 10 heteroatoms. The zero-order valence-corrected chi connectivity index (χ0v) is 24.2. The number of ether oxygens (including phenoxy) is 3. The van der Waals surface area contributed by atoms with E-state index in [1.165, 1.54) is 20.0 Å².